The first-order valence-corrected chi connectivity index (χ1v) is 8.13. The van der Waals surface area contributed by atoms with Gasteiger partial charge in [0, 0.05) is 6.08 Å². The predicted octanol–water partition coefficient (Wildman–Crippen LogP) is 4.15. The smallest absolute Gasteiger partial charge is 0.250 e. The van der Waals surface area contributed by atoms with Crippen LogP contribution in [0, 0.1) is 5.82 Å². The normalized spacial score (nSPS) is 11.1. The molecule has 2 aromatic heterocycles. The van der Waals surface area contributed by atoms with Crippen LogP contribution in [0.15, 0.2) is 46.9 Å². The molecule has 0 aliphatic heterocycles. The summed E-state index contributed by atoms with van der Waals surface area (Å²) in [6.07, 6.45) is 3.62. The molecule has 7 heteroatoms. The quantitative estimate of drug-likeness (QED) is 0.707. The van der Waals surface area contributed by atoms with Crippen molar-refractivity contribution >= 4 is 28.5 Å². The van der Waals surface area contributed by atoms with Crippen molar-refractivity contribution in [3.63, 3.8) is 0 Å². The van der Waals surface area contributed by atoms with Crippen LogP contribution in [-0.2, 0) is 11.2 Å². The van der Waals surface area contributed by atoms with Crippen LogP contribution in [0.4, 0.5) is 9.52 Å². The van der Waals surface area contributed by atoms with E-state index in [0.29, 0.717) is 22.2 Å². The number of aryl methyl sites for hydroxylation is 1. The van der Waals surface area contributed by atoms with Crippen molar-refractivity contribution in [1.29, 1.82) is 0 Å². The lowest BCUT2D eigenvalue weighted by molar-refractivity contribution is -0.111. The molecule has 0 aliphatic carbocycles. The molecule has 5 nitrogen and oxygen atoms in total. The summed E-state index contributed by atoms with van der Waals surface area (Å²) >= 11 is 1.33. The fourth-order valence-electron chi connectivity index (χ4n) is 2.00. The van der Waals surface area contributed by atoms with Gasteiger partial charge in [-0.15, -0.1) is 10.2 Å². The zero-order valence-electron chi connectivity index (χ0n) is 12.8. The van der Waals surface area contributed by atoms with Gasteiger partial charge in [-0.2, -0.15) is 0 Å². The average molecular weight is 343 g/mol. The molecule has 3 aromatic rings. The SMILES string of the molecule is CCc1nnc(NC(=O)C=Cc2ccc(-c3ccccc3F)o2)s1. The number of nitrogens with zero attached hydrogens (tertiary/aromatic N) is 2. The van der Waals surface area contributed by atoms with Gasteiger partial charge in [0.25, 0.3) is 0 Å². The molecule has 0 saturated carbocycles. The molecule has 3 rings (SSSR count). The second kappa shape index (κ2) is 7.18. The molecule has 0 bridgehead atoms. The lowest BCUT2D eigenvalue weighted by Gasteiger charge is -1.97. The first kappa shape index (κ1) is 16.1. The third-order valence-corrected chi connectivity index (χ3v) is 4.15. The number of benzene rings is 1. The second-order valence-corrected chi connectivity index (χ2v) is 5.92. The van der Waals surface area contributed by atoms with E-state index >= 15 is 0 Å². The monoisotopic (exact) mass is 343 g/mol. The summed E-state index contributed by atoms with van der Waals surface area (Å²) in [5.41, 5.74) is 0.377. The van der Waals surface area contributed by atoms with E-state index in [1.165, 1.54) is 29.6 Å². The minimum atomic E-state index is -0.358. The van der Waals surface area contributed by atoms with E-state index in [0.717, 1.165) is 11.4 Å². The second-order valence-electron chi connectivity index (χ2n) is 4.86. The predicted molar refractivity (Wildman–Crippen MR) is 91.1 cm³/mol. The highest BCUT2D eigenvalue weighted by molar-refractivity contribution is 7.15. The molecule has 1 aromatic carbocycles. The first-order valence-electron chi connectivity index (χ1n) is 7.32. The van der Waals surface area contributed by atoms with E-state index in [9.17, 15) is 9.18 Å². The van der Waals surface area contributed by atoms with Gasteiger partial charge in [0.05, 0.1) is 5.56 Å². The Bertz CT molecular complexity index is 885. The van der Waals surface area contributed by atoms with Crippen molar-refractivity contribution in [2.45, 2.75) is 13.3 Å². The molecule has 1 amide bonds. The number of amides is 1. The highest BCUT2D eigenvalue weighted by Gasteiger charge is 2.08. The number of carbonyl (C=O) groups excluding carboxylic acids is 1. The summed E-state index contributed by atoms with van der Waals surface area (Å²) in [5.74, 6) is 0.167. The fourth-order valence-corrected chi connectivity index (χ4v) is 2.68. The van der Waals surface area contributed by atoms with Gasteiger partial charge in [-0.25, -0.2) is 4.39 Å². The molecule has 122 valence electrons. The standard InChI is InChI=1S/C17H14FN3O2S/c1-2-16-20-21-17(24-16)19-15(22)10-8-11-7-9-14(23-11)12-5-3-4-6-13(12)18/h3-10H,2H2,1H3,(H,19,21,22). The molecule has 1 N–H and O–H groups in total. The number of hydrogen-bond acceptors (Lipinski definition) is 5. The van der Waals surface area contributed by atoms with E-state index in [2.05, 4.69) is 15.5 Å². The third-order valence-electron chi connectivity index (χ3n) is 3.16. The Morgan fingerprint density at radius 2 is 2.12 bits per heavy atom. The lowest BCUT2D eigenvalue weighted by Crippen LogP contribution is -2.07. The number of furan rings is 1. The van der Waals surface area contributed by atoms with E-state index in [1.54, 1.807) is 30.3 Å². The van der Waals surface area contributed by atoms with Crippen molar-refractivity contribution in [1.82, 2.24) is 10.2 Å². The van der Waals surface area contributed by atoms with Crippen LogP contribution in [0.1, 0.15) is 17.7 Å². The van der Waals surface area contributed by atoms with Gasteiger partial charge in [0.2, 0.25) is 11.0 Å². The van der Waals surface area contributed by atoms with E-state index in [4.69, 9.17) is 4.42 Å². The van der Waals surface area contributed by atoms with Gasteiger partial charge in [0.15, 0.2) is 0 Å². The molecule has 0 atom stereocenters. The van der Waals surface area contributed by atoms with Crippen molar-refractivity contribution < 1.29 is 13.6 Å². The molecule has 0 unspecified atom stereocenters. The van der Waals surface area contributed by atoms with Gasteiger partial charge >= 0.3 is 0 Å². The van der Waals surface area contributed by atoms with Gasteiger partial charge in [-0.1, -0.05) is 30.4 Å². The summed E-state index contributed by atoms with van der Waals surface area (Å²) < 4.78 is 19.3. The zero-order chi connectivity index (χ0) is 16.9. The van der Waals surface area contributed by atoms with Crippen LogP contribution >= 0.6 is 11.3 Å². The number of nitrogens with one attached hydrogen (secondary N) is 1. The van der Waals surface area contributed by atoms with Crippen molar-refractivity contribution in [2.75, 3.05) is 5.32 Å². The summed E-state index contributed by atoms with van der Waals surface area (Å²) in [7, 11) is 0. The Balaban J connectivity index is 1.66. The van der Waals surface area contributed by atoms with Crippen molar-refractivity contribution in [3.8, 4) is 11.3 Å². The highest BCUT2D eigenvalue weighted by atomic mass is 32.1. The van der Waals surface area contributed by atoms with Gasteiger partial charge < -0.3 is 4.42 Å². The van der Waals surface area contributed by atoms with E-state index in [1.807, 2.05) is 6.92 Å². The Hall–Kier alpha value is -2.80. The maximum absolute atomic E-state index is 13.7. The fraction of sp³-hybridized carbons (Fsp3) is 0.118. The minimum Gasteiger partial charge on any atom is -0.457 e. The molecule has 0 fully saturated rings. The largest absolute Gasteiger partial charge is 0.457 e. The first-order chi connectivity index (χ1) is 11.7. The summed E-state index contributed by atoms with van der Waals surface area (Å²) in [4.78, 5) is 11.9. The van der Waals surface area contributed by atoms with Crippen LogP contribution in [0.25, 0.3) is 17.4 Å². The van der Waals surface area contributed by atoms with Crippen LogP contribution in [0.3, 0.4) is 0 Å². The maximum atomic E-state index is 13.7. The number of halogens is 1. The Kier molecular flexibility index (Phi) is 4.81. The molecular formula is C17H14FN3O2S. The molecule has 0 saturated heterocycles. The Morgan fingerprint density at radius 3 is 2.88 bits per heavy atom. The van der Waals surface area contributed by atoms with Gasteiger partial charge in [-0.3, -0.25) is 10.1 Å². The number of anilines is 1. The number of carbonyl (C=O) groups is 1. The highest BCUT2D eigenvalue weighted by Crippen LogP contribution is 2.25. The topological polar surface area (TPSA) is 68.0 Å². The average Bonchev–Trinajstić information content (AvgIpc) is 3.22. The number of rotatable bonds is 5. The van der Waals surface area contributed by atoms with Gasteiger partial charge in [0.1, 0.15) is 22.3 Å². The van der Waals surface area contributed by atoms with Gasteiger partial charge in [-0.05, 0) is 36.8 Å². The van der Waals surface area contributed by atoms with Crippen LogP contribution < -0.4 is 5.32 Å². The Labute approximate surface area is 141 Å². The summed E-state index contributed by atoms with van der Waals surface area (Å²) in [6.45, 7) is 1.97. The van der Waals surface area contributed by atoms with E-state index < -0.39 is 0 Å². The molecular weight excluding hydrogens is 329 g/mol. The third kappa shape index (κ3) is 3.75. The molecule has 2 heterocycles. The van der Waals surface area contributed by atoms with Crippen LogP contribution in [0.2, 0.25) is 0 Å². The molecule has 0 radical (unpaired) electrons. The summed E-state index contributed by atoms with van der Waals surface area (Å²) in [6, 6.07) is 9.68. The summed E-state index contributed by atoms with van der Waals surface area (Å²) in [5, 5.41) is 11.7. The maximum Gasteiger partial charge on any atom is 0.250 e. The minimum absolute atomic E-state index is 0.336. The number of hydrogen-bond donors (Lipinski definition) is 1. The van der Waals surface area contributed by atoms with Crippen LogP contribution in [0.5, 0.6) is 0 Å². The Morgan fingerprint density at radius 1 is 1.29 bits per heavy atom. The van der Waals surface area contributed by atoms with Crippen molar-refractivity contribution in [3.05, 3.63) is 59.1 Å². The molecule has 24 heavy (non-hydrogen) atoms. The molecule has 0 spiro atoms. The van der Waals surface area contributed by atoms with Crippen LogP contribution in [-0.4, -0.2) is 16.1 Å². The lowest BCUT2D eigenvalue weighted by atomic mass is 10.1. The number of aromatic nitrogens is 2. The van der Waals surface area contributed by atoms with Crippen molar-refractivity contribution in [2.24, 2.45) is 0 Å². The zero-order valence-corrected chi connectivity index (χ0v) is 13.6. The van der Waals surface area contributed by atoms with E-state index in [-0.39, 0.29) is 11.7 Å². The molecule has 0 aliphatic rings.